The Kier molecular flexibility index (Phi) is 4.83. The normalized spacial score (nSPS) is 15.6. The number of likely N-dealkylation sites (N-methyl/N-ethyl adjacent to an activating group) is 1. The molecular weight excluding hydrogens is 256 g/mol. The van der Waals surface area contributed by atoms with E-state index >= 15 is 0 Å². The zero-order chi connectivity index (χ0) is 11.4. The fourth-order valence-electron chi connectivity index (χ4n) is 1.60. The molecule has 86 valence electrons. The zero-order valence-electron chi connectivity index (χ0n) is 9.53. The van der Waals surface area contributed by atoms with Gasteiger partial charge >= 0.3 is 0 Å². The van der Waals surface area contributed by atoms with Gasteiger partial charge in [-0.1, -0.05) is 6.92 Å². The second-order valence-electron chi connectivity index (χ2n) is 3.81. The summed E-state index contributed by atoms with van der Waals surface area (Å²) in [7, 11) is 2.08. The number of furan rings is 1. The third kappa shape index (κ3) is 2.83. The highest BCUT2D eigenvalue weighted by Crippen LogP contribution is 2.28. The molecule has 0 spiro atoms. The maximum absolute atomic E-state index is 5.80. The number of halogens is 1. The van der Waals surface area contributed by atoms with Crippen LogP contribution in [0.3, 0.4) is 0 Å². The minimum atomic E-state index is 0.143. The first-order valence-electron chi connectivity index (χ1n) is 5.26. The summed E-state index contributed by atoms with van der Waals surface area (Å²) in [6.07, 6.45) is 2.79. The molecule has 15 heavy (non-hydrogen) atoms. The van der Waals surface area contributed by atoms with Crippen LogP contribution >= 0.6 is 15.9 Å². The number of nitrogens with two attached hydrogens (primary N) is 1. The number of hydrogen-bond donors (Lipinski definition) is 1. The first-order chi connectivity index (χ1) is 7.11. The van der Waals surface area contributed by atoms with E-state index in [1.165, 1.54) is 0 Å². The van der Waals surface area contributed by atoms with Crippen LogP contribution < -0.4 is 5.73 Å². The lowest BCUT2D eigenvalue weighted by Gasteiger charge is -2.30. The molecule has 0 saturated heterocycles. The quantitative estimate of drug-likeness (QED) is 0.898. The second kappa shape index (κ2) is 5.68. The zero-order valence-corrected chi connectivity index (χ0v) is 11.1. The molecule has 0 fully saturated rings. The molecule has 2 unspecified atom stereocenters. The summed E-state index contributed by atoms with van der Waals surface area (Å²) >= 11 is 3.47. The predicted octanol–water partition coefficient (Wildman–Crippen LogP) is 2.77. The molecule has 0 aromatic carbocycles. The monoisotopic (exact) mass is 274 g/mol. The van der Waals surface area contributed by atoms with Crippen molar-refractivity contribution >= 4 is 15.9 Å². The number of nitrogens with zero attached hydrogens (tertiary/aromatic N) is 1. The van der Waals surface area contributed by atoms with Gasteiger partial charge in [-0.2, -0.15) is 0 Å². The third-order valence-corrected chi connectivity index (χ3v) is 3.60. The lowest BCUT2D eigenvalue weighted by atomic mass is 10.1. The van der Waals surface area contributed by atoms with E-state index in [4.69, 9.17) is 10.2 Å². The molecule has 3 nitrogen and oxygen atoms in total. The van der Waals surface area contributed by atoms with E-state index in [-0.39, 0.29) is 6.04 Å². The molecule has 1 aromatic rings. The van der Waals surface area contributed by atoms with Gasteiger partial charge in [0, 0.05) is 12.6 Å². The Bertz CT molecular complexity index is 301. The Hall–Kier alpha value is -0.320. The fourth-order valence-corrected chi connectivity index (χ4v) is 2.06. The minimum absolute atomic E-state index is 0.143. The van der Waals surface area contributed by atoms with Gasteiger partial charge in [-0.05, 0) is 42.4 Å². The standard InChI is InChI=1S/C11H19BrN2O/c1-4-8(2)14(3)10(7-13)11-9(12)5-6-15-11/h5-6,8,10H,4,7,13H2,1-3H3. The number of hydrogen-bond acceptors (Lipinski definition) is 3. The van der Waals surface area contributed by atoms with E-state index < -0.39 is 0 Å². The van der Waals surface area contributed by atoms with Crippen molar-refractivity contribution in [3.63, 3.8) is 0 Å². The molecule has 1 rings (SSSR count). The van der Waals surface area contributed by atoms with Crippen LogP contribution in [0.1, 0.15) is 32.1 Å². The van der Waals surface area contributed by atoms with Gasteiger partial charge in [0.05, 0.1) is 16.8 Å². The highest BCUT2D eigenvalue weighted by molar-refractivity contribution is 9.10. The summed E-state index contributed by atoms with van der Waals surface area (Å²) in [5.74, 6) is 0.917. The van der Waals surface area contributed by atoms with Crippen LogP contribution in [-0.4, -0.2) is 24.5 Å². The van der Waals surface area contributed by atoms with Gasteiger partial charge < -0.3 is 10.2 Å². The molecule has 0 aliphatic heterocycles. The van der Waals surface area contributed by atoms with Gasteiger partial charge in [0.15, 0.2) is 0 Å². The summed E-state index contributed by atoms with van der Waals surface area (Å²) in [4.78, 5) is 2.25. The molecular formula is C11H19BrN2O. The second-order valence-corrected chi connectivity index (χ2v) is 4.66. The average molecular weight is 275 g/mol. The van der Waals surface area contributed by atoms with Crippen molar-refractivity contribution in [3.05, 3.63) is 22.6 Å². The maximum Gasteiger partial charge on any atom is 0.136 e. The van der Waals surface area contributed by atoms with E-state index in [1.54, 1.807) is 6.26 Å². The molecule has 0 saturated carbocycles. The topological polar surface area (TPSA) is 42.4 Å². The van der Waals surface area contributed by atoms with E-state index in [0.717, 1.165) is 16.7 Å². The maximum atomic E-state index is 5.80. The van der Waals surface area contributed by atoms with Crippen LogP contribution in [0, 0.1) is 0 Å². The Morgan fingerprint density at radius 1 is 1.60 bits per heavy atom. The van der Waals surface area contributed by atoms with Crippen molar-refractivity contribution in [1.82, 2.24) is 4.90 Å². The van der Waals surface area contributed by atoms with Crippen LogP contribution in [0.4, 0.5) is 0 Å². The van der Waals surface area contributed by atoms with Crippen molar-refractivity contribution in [2.75, 3.05) is 13.6 Å². The molecule has 0 amide bonds. The van der Waals surface area contributed by atoms with Gasteiger partial charge in [-0.25, -0.2) is 0 Å². The molecule has 0 aliphatic rings. The first-order valence-corrected chi connectivity index (χ1v) is 6.06. The van der Waals surface area contributed by atoms with Crippen LogP contribution in [0.2, 0.25) is 0 Å². The molecule has 0 radical (unpaired) electrons. The van der Waals surface area contributed by atoms with E-state index in [0.29, 0.717) is 12.6 Å². The van der Waals surface area contributed by atoms with Crippen LogP contribution in [0.15, 0.2) is 21.2 Å². The fraction of sp³-hybridized carbons (Fsp3) is 0.636. The van der Waals surface area contributed by atoms with Crippen LogP contribution in [0.5, 0.6) is 0 Å². The Morgan fingerprint density at radius 2 is 2.27 bits per heavy atom. The van der Waals surface area contributed by atoms with Gasteiger partial charge in [0.25, 0.3) is 0 Å². The van der Waals surface area contributed by atoms with Crippen molar-refractivity contribution in [2.24, 2.45) is 5.73 Å². The van der Waals surface area contributed by atoms with Crippen molar-refractivity contribution in [1.29, 1.82) is 0 Å². The predicted molar refractivity (Wildman–Crippen MR) is 65.7 cm³/mol. The first kappa shape index (κ1) is 12.7. The highest BCUT2D eigenvalue weighted by atomic mass is 79.9. The highest BCUT2D eigenvalue weighted by Gasteiger charge is 2.23. The van der Waals surface area contributed by atoms with Crippen molar-refractivity contribution < 1.29 is 4.42 Å². The number of rotatable bonds is 5. The molecule has 0 bridgehead atoms. The smallest absolute Gasteiger partial charge is 0.136 e. The minimum Gasteiger partial charge on any atom is -0.466 e. The van der Waals surface area contributed by atoms with Crippen LogP contribution in [-0.2, 0) is 0 Å². The Balaban J connectivity index is 2.84. The summed E-state index contributed by atoms with van der Waals surface area (Å²) in [5, 5.41) is 0. The summed E-state index contributed by atoms with van der Waals surface area (Å²) in [6.45, 7) is 4.93. The molecule has 2 N–H and O–H groups in total. The van der Waals surface area contributed by atoms with Crippen molar-refractivity contribution in [3.8, 4) is 0 Å². The van der Waals surface area contributed by atoms with E-state index in [2.05, 4.69) is 41.7 Å². The molecule has 2 atom stereocenters. The van der Waals surface area contributed by atoms with Gasteiger partial charge in [0.1, 0.15) is 5.76 Å². The third-order valence-electron chi connectivity index (χ3n) is 2.95. The average Bonchev–Trinajstić information content (AvgIpc) is 2.65. The SMILES string of the molecule is CCC(C)N(C)C(CN)c1occc1Br. The largest absolute Gasteiger partial charge is 0.466 e. The lowest BCUT2D eigenvalue weighted by Crippen LogP contribution is -2.36. The summed E-state index contributed by atoms with van der Waals surface area (Å²) in [5.41, 5.74) is 5.80. The Morgan fingerprint density at radius 3 is 2.67 bits per heavy atom. The van der Waals surface area contributed by atoms with E-state index in [1.807, 2.05) is 6.07 Å². The Labute approximate surface area is 99.7 Å². The lowest BCUT2D eigenvalue weighted by molar-refractivity contribution is 0.164. The van der Waals surface area contributed by atoms with Crippen LogP contribution in [0.25, 0.3) is 0 Å². The molecule has 4 heteroatoms. The van der Waals surface area contributed by atoms with Gasteiger partial charge in [-0.15, -0.1) is 0 Å². The molecule has 0 aliphatic carbocycles. The molecule has 1 heterocycles. The summed E-state index contributed by atoms with van der Waals surface area (Å²) in [6, 6.07) is 2.54. The van der Waals surface area contributed by atoms with Crippen molar-refractivity contribution in [2.45, 2.75) is 32.4 Å². The van der Waals surface area contributed by atoms with Gasteiger partial charge in [0.2, 0.25) is 0 Å². The molecule has 1 aromatic heterocycles. The summed E-state index contributed by atoms with van der Waals surface area (Å²) < 4.78 is 6.46. The van der Waals surface area contributed by atoms with E-state index in [9.17, 15) is 0 Å². The van der Waals surface area contributed by atoms with Gasteiger partial charge in [-0.3, -0.25) is 4.90 Å².